The first-order chi connectivity index (χ1) is 8.58. The van der Waals surface area contributed by atoms with Crippen molar-refractivity contribution in [3.63, 3.8) is 0 Å². The first-order valence-electron chi connectivity index (χ1n) is 5.68. The summed E-state index contributed by atoms with van der Waals surface area (Å²) >= 11 is 1.63. The highest BCUT2D eigenvalue weighted by molar-refractivity contribution is 7.10. The Hall–Kier alpha value is -1.81. The van der Waals surface area contributed by atoms with Gasteiger partial charge in [-0.2, -0.15) is 0 Å². The molecule has 1 amide bonds. The zero-order valence-corrected chi connectivity index (χ0v) is 11.2. The first kappa shape index (κ1) is 12.6. The fourth-order valence-electron chi connectivity index (χ4n) is 1.60. The fourth-order valence-corrected chi connectivity index (χ4v) is 2.44. The Balaban J connectivity index is 2.04. The Labute approximate surface area is 110 Å². The molecule has 2 rings (SSSR count). The number of phenolic OH excluding ortho intramolecular Hbond substituents is 1. The van der Waals surface area contributed by atoms with Crippen LogP contribution in [0.15, 0.2) is 29.6 Å². The lowest BCUT2D eigenvalue weighted by atomic mass is 10.1. The second-order valence-electron chi connectivity index (χ2n) is 4.21. The maximum Gasteiger partial charge on any atom is 0.251 e. The number of thiophene rings is 1. The van der Waals surface area contributed by atoms with Crippen LogP contribution in [0.4, 0.5) is 0 Å². The van der Waals surface area contributed by atoms with Crippen LogP contribution < -0.4 is 5.32 Å². The van der Waals surface area contributed by atoms with E-state index in [4.69, 9.17) is 0 Å². The van der Waals surface area contributed by atoms with Crippen molar-refractivity contribution in [2.24, 2.45) is 0 Å². The highest BCUT2D eigenvalue weighted by Crippen LogP contribution is 2.18. The highest BCUT2D eigenvalue weighted by atomic mass is 32.1. The molecule has 1 heterocycles. The van der Waals surface area contributed by atoms with Gasteiger partial charge >= 0.3 is 0 Å². The highest BCUT2D eigenvalue weighted by Gasteiger charge is 2.08. The number of benzene rings is 1. The van der Waals surface area contributed by atoms with Gasteiger partial charge in [0.25, 0.3) is 5.91 Å². The molecule has 4 heteroatoms. The molecule has 18 heavy (non-hydrogen) atoms. The van der Waals surface area contributed by atoms with E-state index in [-0.39, 0.29) is 11.7 Å². The molecule has 0 aliphatic rings. The third kappa shape index (κ3) is 2.71. The summed E-state index contributed by atoms with van der Waals surface area (Å²) in [6, 6.07) is 6.97. The largest absolute Gasteiger partial charge is 0.508 e. The predicted octanol–water partition coefficient (Wildman–Crippen LogP) is 3.00. The van der Waals surface area contributed by atoms with Crippen molar-refractivity contribution in [3.05, 3.63) is 51.2 Å². The number of carbonyl (C=O) groups excluding carboxylic acids is 1. The molecule has 0 saturated heterocycles. The Bertz CT molecular complexity index is 575. The summed E-state index contributed by atoms with van der Waals surface area (Å²) in [5.74, 6) is -0.0203. The van der Waals surface area contributed by atoms with E-state index in [1.54, 1.807) is 30.4 Å². The van der Waals surface area contributed by atoms with Crippen LogP contribution in [0.25, 0.3) is 0 Å². The summed E-state index contributed by atoms with van der Waals surface area (Å²) < 4.78 is 0. The number of hydrogen-bond donors (Lipinski definition) is 2. The van der Waals surface area contributed by atoms with E-state index in [9.17, 15) is 9.90 Å². The molecule has 0 aliphatic carbocycles. The molecule has 3 nitrogen and oxygen atoms in total. The molecule has 2 aromatic rings. The van der Waals surface area contributed by atoms with E-state index in [1.165, 1.54) is 11.6 Å². The smallest absolute Gasteiger partial charge is 0.251 e. The van der Waals surface area contributed by atoms with Gasteiger partial charge in [0.15, 0.2) is 0 Å². The van der Waals surface area contributed by atoms with Crippen molar-refractivity contribution in [2.45, 2.75) is 20.4 Å². The Kier molecular flexibility index (Phi) is 3.67. The lowest BCUT2D eigenvalue weighted by molar-refractivity contribution is 0.0951. The van der Waals surface area contributed by atoms with Crippen molar-refractivity contribution < 1.29 is 9.90 Å². The molecule has 1 aromatic heterocycles. The van der Waals surface area contributed by atoms with E-state index in [1.807, 2.05) is 18.4 Å². The van der Waals surface area contributed by atoms with E-state index < -0.39 is 0 Å². The Morgan fingerprint density at radius 2 is 2.06 bits per heavy atom. The lowest BCUT2D eigenvalue weighted by Gasteiger charge is -2.06. The van der Waals surface area contributed by atoms with Gasteiger partial charge in [-0.3, -0.25) is 4.79 Å². The number of hydrogen-bond acceptors (Lipinski definition) is 3. The lowest BCUT2D eigenvalue weighted by Crippen LogP contribution is -2.22. The zero-order chi connectivity index (χ0) is 13.1. The monoisotopic (exact) mass is 261 g/mol. The molecule has 94 valence electrons. The zero-order valence-electron chi connectivity index (χ0n) is 10.4. The Morgan fingerprint density at radius 3 is 2.67 bits per heavy atom. The van der Waals surface area contributed by atoms with Crippen LogP contribution in [-0.2, 0) is 6.54 Å². The van der Waals surface area contributed by atoms with Gasteiger partial charge in [0, 0.05) is 10.4 Å². The van der Waals surface area contributed by atoms with Crippen LogP contribution >= 0.6 is 11.3 Å². The molecular formula is C14H15NO2S. The number of rotatable bonds is 3. The van der Waals surface area contributed by atoms with Crippen molar-refractivity contribution in [1.29, 1.82) is 0 Å². The van der Waals surface area contributed by atoms with Crippen molar-refractivity contribution in [1.82, 2.24) is 5.32 Å². The topological polar surface area (TPSA) is 49.3 Å². The fraction of sp³-hybridized carbons (Fsp3) is 0.214. The van der Waals surface area contributed by atoms with E-state index in [2.05, 4.69) is 5.32 Å². The summed E-state index contributed by atoms with van der Waals surface area (Å²) in [4.78, 5) is 13.0. The number of phenols is 1. The van der Waals surface area contributed by atoms with Crippen molar-refractivity contribution in [3.8, 4) is 5.75 Å². The normalized spacial score (nSPS) is 10.3. The van der Waals surface area contributed by atoms with Crippen molar-refractivity contribution >= 4 is 17.2 Å². The van der Waals surface area contributed by atoms with Gasteiger partial charge < -0.3 is 10.4 Å². The van der Waals surface area contributed by atoms with E-state index in [0.29, 0.717) is 12.1 Å². The van der Waals surface area contributed by atoms with Gasteiger partial charge in [0.05, 0.1) is 6.54 Å². The second kappa shape index (κ2) is 5.23. The predicted molar refractivity (Wildman–Crippen MR) is 73.1 cm³/mol. The van der Waals surface area contributed by atoms with Crippen LogP contribution in [0.1, 0.15) is 26.4 Å². The van der Waals surface area contributed by atoms with Gasteiger partial charge in [-0.05, 0) is 48.6 Å². The third-order valence-corrected chi connectivity index (χ3v) is 3.87. The van der Waals surface area contributed by atoms with Gasteiger partial charge in [-0.1, -0.05) is 6.07 Å². The Morgan fingerprint density at radius 1 is 1.28 bits per heavy atom. The first-order valence-corrected chi connectivity index (χ1v) is 6.56. The SMILES string of the molecule is Cc1ccc(C(=O)NCc2sccc2C)cc1O. The summed E-state index contributed by atoms with van der Waals surface area (Å²) in [5, 5.41) is 14.4. The molecular weight excluding hydrogens is 246 g/mol. The molecule has 0 spiro atoms. The molecule has 1 aromatic carbocycles. The van der Waals surface area contributed by atoms with Crippen LogP contribution in [0.2, 0.25) is 0 Å². The number of carbonyl (C=O) groups is 1. The molecule has 0 bridgehead atoms. The minimum absolute atomic E-state index is 0.148. The van der Waals surface area contributed by atoms with Gasteiger partial charge in [-0.15, -0.1) is 11.3 Å². The molecule has 0 fully saturated rings. The quantitative estimate of drug-likeness (QED) is 0.892. The standard InChI is InChI=1S/C14H15NO2S/c1-9-3-4-11(7-12(9)16)14(17)15-8-13-10(2)5-6-18-13/h3-7,16H,8H2,1-2H3,(H,15,17). The minimum atomic E-state index is -0.168. The van der Waals surface area contributed by atoms with Crippen LogP contribution in [-0.4, -0.2) is 11.0 Å². The summed E-state index contributed by atoms with van der Waals surface area (Å²) in [6.07, 6.45) is 0. The molecule has 0 radical (unpaired) electrons. The number of aromatic hydroxyl groups is 1. The minimum Gasteiger partial charge on any atom is -0.508 e. The molecule has 0 saturated carbocycles. The molecule has 0 atom stereocenters. The second-order valence-corrected chi connectivity index (χ2v) is 5.21. The maximum atomic E-state index is 11.9. The molecule has 0 aliphatic heterocycles. The summed E-state index contributed by atoms with van der Waals surface area (Å²) in [7, 11) is 0. The van der Waals surface area contributed by atoms with Gasteiger partial charge in [-0.25, -0.2) is 0 Å². The van der Waals surface area contributed by atoms with Crippen LogP contribution in [0, 0.1) is 13.8 Å². The average Bonchev–Trinajstić information content (AvgIpc) is 2.75. The van der Waals surface area contributed by atoms with Crippen molar-refractivity contribution in [2.75, 3.05) is 0 Å². The van der Waals surface area contributed by atoms with E-state index >= 15 is 0 Å². The van der Waals surface area contributed by atoms with Gasteiger partial charge in [0.1, 0.15) is 5.75 Å². The number of aryl methyl sites for hydroxylation is 2. The maximum absolute atomic E-state index is 11.9. The third-order valence-electron chi connectivity index (χ3n) is 2.85. The van der Waals surface area contributed by atoms with Crippen LogP contribution in [0.3, 0.4) is 0 Å². The molecule has 0 unspecified atom stereocenters. The average molecular weight is 261 g/mol. The number of nitrogens with one attached hydrogen (secondary N) is 1. The number of amides is 1. The van der Waals surface area contributed by atoms with E-state index in [0.717, 1.165) is 10.4 Å². The van der Waals surface area contributed by atoms with Crippen LogP contribution in [0.5, 0.6) is 5.75 Å². The van der Waals surface area contributed by atoms with Gasteiger partial charge in [0.2, 0.25) is 0 Å². The molecule has 2 N–H and O–H groups in total. The summed E-state index contributed by atoms with van der Waals surface area (Å²) in [5.41, 5.74) is 2.43. The summed E-state index contributed by atoms with van der Waals surface area (Å²) in [6.45, 7) is 4.35.